The van der Waals surface area contributed by atoms with E-state index in [2.05, 4.69) is 22.1 Å². The van der Waals surface area contributed by atoms with E-state index < -0.39 is 0 Å². The molecule has 5 rings (SSSR count). The second-order valence-corrected chi connectivity index (χ2v) is 7.21. The molecular weight excluding hydrogens is 342 g/mol. The summed E-state index contributed by atoms with van der Waals surface area (Å²) in [6.07, 6.45) is 2.28. The number of nitrogens with zero attached hydrogens (tertiary/aromatic N) is 1. The Bertz CT molecular complexity index is 1050. The van der Waals surface area contributed by atoms with Crippen molar-refractivity contribution >= 4 is 10.9 Å². The normalized spacial score (nSPS) is 21.5. The first-order valence-electron chi connectivity index (χ1n) is 9.50. The van der Waals surface area contributed by atoms with Crippen molar-refractivity contribution in [2.75, 3.05) is 19.8 Å². The van der Waals surface area contributed by atoms with Crippen LogP contribution in [-0.2, 0) is 6.54 Å². The maximum Gasteiger partial charge on any atom is 0.258 e. The van der Waals surface area contributed by atoms with Gasteiger partial charge in [-0.1, -0.05) is 12.1 Å². The van der Waals surface area contributed by atoms with Crippen LogP contribution in [0.4, 0.5) is 0 Å². The van der Waals surface area contributed by atoms with Crippen LogP contribution in [0.15, 0.2) is 47.3 Å². The molecule has 3 aromatic rings. The van der Waals surface area contributed by atoms with Gasteiger partial charge in [-0.15, -0.1) is 0 Å². The van der Waals surface area contributed by atoms with Gasteiger partial charge < -0.3 is 19.4 Å². The lowest BCUT2D eigenvalue weighted by molar-refractivity contribution is -0.932. The van der Waals surface area contributed by atoms with E-state index in [9.17, 15) is 4.79 Å². The van der Waals surface area contributed by atoms with Crippen LogP contribution in [0.1, 0.15) is 30.3 Å². The van der Waals surface area contributed by atoms with Gasteiger partial charge in [0.1, 0.15) is 25.8 Å². The standard InChI is InChI=1S/C21H21N3O3/c25-21-15-4-1-2-5-16(15)22-20(23-21)13-24-9-3-6-17(24)14-7-8-18-19(12-14)27-11-10-26-18/h1-2,4-5,7-8,12,17H,3,6,9-11,13H2,(H,22,23,25)/p+1/t17-/m1/s1. The summed E-state index contributed by atoms with van der Waals surface area (Å²) in [6, 6.07) is 14.1. The van der Waals surface area contributed by atoms with E-state index >= 15 is 0 Å². The van der Waals surface area contributed by atoms with Gasteiger partial charge in [0, 0.05) is 18.4 Å². The first kappa shape index (κ1) is 16.3. The molecule has 2 aliphatic heterocycles. The monoisotopic (exact) mass is 364 g/mol. The molecule has 1 aromatic heterocycles. The number of quaternary nitrogens is 1. The Kier molecular flexibility index (Phi) is 4.05. The summed E-state index contributed by atoms with van der Waals surface area (Å²) in [5.74, 6) is 2.41. The number of aromatic nitrogens is 2. The Morgan fingerprint density at radius 3 is 2.89 bits per heavy atom. The molecular formula is C21H22N3O3+. The molecule has 6 nitrogen and oxygen atoms in total. The predicted octanol–water partition coefficient (Wildman–Crippen LogP) is 1.61. The molecule has 0 bridgehead atoms. The lowest BCUT2D eigenvalue weighted by atomic mass is 10.0. The maximum absolute atomic E-state index is 12.4. The molecule has 1 unspecified atom stereocenters. The number of rotatable bonds is 3. The number of H-pyrrole nitrogens is 1. The van der Waals surface area contributed by atoms with Crippen LogP contribution in [0.2, 0.25) is 0 Å². The molecule has 2 aliphatic rings. The van der Waals surface area contributed by atoms with Crippen LogP contribution in [0.25, 0.3) is 10.9 Å². The number of hydrogen-bond acceptors (Lipinski definition) is 4. The van der Waals surface area contributed by atoms with Gasteiger partial charge in [0.2, 0.25) is 0 Å². The zero-order valence-electron chi connectivity index (χ0n) is 15.0. The van der Waals surface area contributed by atoms with Crippen molar-refractivity contribution in [2.24, 2.45) is 0 Å². The summed E-state index contributed by atoms with van der Waals surface area (Å²) in [5.41, 5.74) is 1.95. The fourth-order valence-corrected chi connectivity index (χ4v) is 4.24. The Labute approximate surface area is 156 Å². The van der Waals surface area contributed by atoms with Gasteiger partial charge in [0.15, 0.2) is 17.3 Å². The summed E-state index contributed by atoms with van der Waals surface area (Å²) < 4.78 is 11.4. The average Bonchev–Trinajstić information content (AvgIpc) is 3.16. The van der Waals surface area contributed by atoms with Gasteiger partial charge in [-0.3, -0.25) is 4.79 Å². The van der Waals surface area contributed by atoms with Crippen LogP contribution < -0.4 is 19.9 Å². The van der Waals surface area contributed by atoms with Crippen molar-refractivity contribution in [3.8, 4) is 11.5 Å². The number of nitrogens with one attached hydrogen (secondary N) is 2. The Morgan fingerprint density at radius 1 is 1.11 bits per heavy atom. The summed E-state index contributed by atoms with van der Waals surface area (Å²) in [7, 11) is 0. The lowest BCUT2D eigenvalue weighted by Crippen LogP contribution is -3.09. The summed E-state index contributed by atoms with van der Waals surface area (Å²) >= 11 is 0. The Morgan fingerprint density at radius 2 is 1.96 bits per heavy atom. The third-order valence-corrected chi connectivity index (χ3v) is 5.51. The third-order valence-electron chi connectivity index (χ3n) is 5.51. The van der Waals surface area contributed by atoms with E-state index in [0.717, 1.165) is 42.2 Å². The Hall–Kier alpha value is -2.86. The van der Waals surface area contributed by atoms with Crippen molar-refractivity contribution in [1.82, 2.24) is 9.97 Å². The maximum atomic E-state index is 12.4. The molecule has 0 saturated carbocycles. The highest BCUT2D eigenvalue weighted by molar-refractivity contribution is 5.77. The highest BCUT2D eigenvalue weighted by Gasteiger charge is 2.31. The van der Waals surface area contributed by atoms with E-state index in [1.807, 2.05) is 30.3 Å². The minimum atomic E-state index is -0.0647. The third kappa shape index (κ3) is 3.06. The molecule has 0 radical (unpaired) electrons. The molecule has 2 atom stereocenters. The van der Waals surface area contributed by atoms with Gasteiger partial charge in [-0.05, 0) is 30.3 Å². The largest absolute Gasteiger partial charge is 0.486 e. The number of likely N-dealkylation sites (tertiary alicyclic amines) is 1. The summed E-state index contributed by atoms with van der Waals surface area (Å²) in [5, 5.41) is 0.640. The molecule has 6 heteroatoms. The van der Waals surface area contributed by atoms with Gasteiger partial charge in [0.05, 0.1) is 17.4 Å². The first-order valence-corrected chi connectivity index (χ1v) is 9.50. The van der Waals surface area contributed by atoms with E-state index in [4.69, 9.17) is 9.47 Å². The quantitative estimate of drug-likeness (QED) is 0.741. The highest BCUT2D eigenvalue weighted by Crippen LogP contribution is 2.33. The van der Waals surface area contributed by atoms with Crippen molar-refractivity contribution in [3.05, 3.63) is 64.2 Å². The topological polar surface area (TPSA) is 68.7 Å². The second kappa shape index (κ2) is 6.70. The van der Waals surface area contributed by atoms with Crippen LogP contribution in [0.3, 0.4) is 0 Å². The molecule has 27 heavy (non-hydrogen) atoms. The average molecular weight is 364 g/mol. The van der Waals surface area contributed by atoms with Gasteiger partial charge >= 0.3 is 0 Å². The minimum absolute atomic E-state index is 0.0647. The number of benzene rings is 2. The van der Waals surface area contributed by atoms with E-state index in [0.29, 0.717) is 31.2 Å². The van der Waals surface area contributed by atoms with Gasteiger partial charge in [-0.2, -0.15) is 0 Å². The molecule has 0 aliphatic carbocycles. The van der Waals surface area contributed by atoms with E-state index in [1.165, 1.54) is 10.5 Å². The number of aromatic amines is 1. The number of para-hydroxylation sites is 1. The molecule has 0 spiro atoms. The molecule has 3 heterocycles. The van der Waals surface area contributed by atoms with Gasteiger partial charge in [-0.25, -0.2) is 4.98 Å². The lowest BCUT2D eigenvalue weighted by Gasteiger charge is -2.24. The van der Waals surface area contributed by atoms with Crippen LogP contribution in [0.5, 0.6) is 11.5 Å². The van der Waals surface area contributed by atoms with Crippen LogP contribution in [-0.4, -0.2) is 29.7 Å². The zero-order chi connectivity index (χ0) is 18.2. The molecule has 0 amide bonds. The highest BCUT2D eigenvalue weighted by atomic mass is 16.6. The fourth-order valence-electron chi connectivity index (χ4n) is 4.24. The number of fused-ring (bicyclic) bond motifs is 2. The molecule has 2 N–H and O–H groups in total. The van der Waals surface area contributed by atoms with E-state index in [-0.39, 0.29) is 5.56 Å². The second-order valence-electron chi connectivity index (χ2n) is 7.21. The van der Waals surface area contributed by atoms with Gasteiger partial charge in [0.25, 0.3) is 5.56 Å². The number of hydrogen-bond donors (Lipinski definition) is 2. The SMILES string of the molecule is O=c1[nH]c(C[NH+]2CCC[C@@H]2c2ccc3c(c2)OCCO3)nc2ccccc12. The molecule has 2 aromatic carbocycles. The summed E-state index contributed by atoms with van der Waals surface area (Å²) in [6.45, 7) is 2.98. The first-order chi connectivity index (χ1) is 13.3. The van der Waals surface area contributed by atoms with Crippen LogP contribution in [0, 0.1) is 0 Å². The molecule has 138 valence electrons. The van der Waals surface area contributed by atoms with E-state index in [1.54, 1.807) is 0 Å². The molecule has 1 fully saturated rings. The molecule has 1 saturated heterocycles. The zero-order valence-corrected chi connectivity index (χ0v) is 15.0. The van der Waals surface area contributed by atoms with Crippen molar-refractivity contribution in [2.45, 2.75) is 25.4 Å². The fraction of sp³-hybridized carbons (Fsp3) is 0.333. The predicted molar refractivity (Wildman–Crippen MR) is 101 cm³/mol. The number of ether oxygens (including phenoxy) is 2. The Balaban J connectivity index is 1.43. The van der Waals surface area contributed by atoms with Crippen LogP contribution >= 0.6 is 0 Å². The van der Waals surface area contributed by atoms with Crippen molar-refractivity contribution in [1.29, 1.82) is 0 Å². The smallest absolute Gasteiger partial charge is 0.258 e. The summed E-state index contributed by atoms with van der Waals surface area (Å²) in [4.78, 5) is 21.4. The van der Waals surface area contributed by atoms with Crippen molar-refractivity contribution < 1.29 is 14.4 Å². The minimum Gasteiger partial charge on any atom is -0.486 e. The van der Waals surface area contributed by atoms with Crippen molar-refractivity contribution in [3.63, 3.8) is 0 Å².